The summed E-state index contributed by atoms with van der Waals surface area (Å²) in [4.78, 5) is 28.4. The Morgan fingerprint density at radius 1 is 1.17 bits per heavy atom. The molecule has 0 saturated heterocycles. The third-order valence-electron chi connectivity index (χ3n) is 3.91. The lowest BCUT2D eigenvalue weighted by molar-refractivity contribution is -0.117. The number of halogens is 2. The van der Waals surface area contributed by atoms with Crippen molar-refractivity contribution in [1.82, 2.24) is 4.98 Å². The third-order valence-corrected chi connectivity index (χ3v) is 4.54. The van der Waals surface area contributed by atoms with E-state index in [0.29, 0.717) is 17.4 Å². The standard InChI is InChI=1S/C17H15Cl2N3O2/c1-9-7-11(9)16(23)22-14-8-10(5-6-20-14)21-17(24)15-12(18)3-2-4-13(15)19/h2-6,8-9,11H,7H2,1H3,(H2,20,21,22,23,24)/t9-,11-/m0/s1. The average Bonchev–Trinajstić information content (AvgIpc) is 3.24. The van der Waals surface area contributed by atoms with E-state index >= 15 is 0 Å². The third kappa shape index (κ3) is 3.68. The predicted octanol–water partition coefficient (Wildman–Crippen LogP) is 4.24. The van der Waals surface area contributed by atoms with Gasteiger partial charge in [-0.2, -0.15) is 0 Å². The van der Waals surface area contributed by atoms with Crippen LogP contribution in [0, 0.1) is 11.8 Å². The Bertz CT molecular complexity index is 790. The number of amides is 2. The Morgan fingerprint density at radius 3 is 2.46 bits per heavy atom. The number of nitrogens with one attached hydrogen (secondary N) is 2. The second-order valence-corrected chi connectivity index (χ2v) is 6.60. The average molecular weight is 364 g/mol. The van der Waals surface area contributed by atoms with Crippen LogP contribution in [-0.4, -0.2) is 16.8 Å². The van der Waals surface area contributed by atoms with Crippen LogP contribution in [0.1, 0.15) is 23.7 Å². The highest BCUT2D eigenvalue weighted by atomic mass is 35.5. The zero-order valence-corrected chi connectivity index (χ0v) is 14.4. The molecule has 1 aromatic carbocycles. The summed E-state index contributed by atoms with van der Waals surface area (Å²) >= 11 is 12.1. The molecule has 2 N–H and O–H groups in total. The molecule has 3 rings (SSSR count). The second kappa shape index (κ2) is 6.79. The number of nitrogens with zero attached hydrogens (tertiary/aromatic N) is 1. The largest absolute Gasteiger partial charge is 0.322 e. The van der Waals surface area contributed by atoms with Crippen LogP contribution in [0.5, 0.6) is 0 Å². The fourth-order valence-electron chi connectivity index (χ4n) is 2.39. The number of rotatable bonds is 4. The van der Waals surface area contributed by atoms with Gasteiger partial charge in [0, 0.05) is 23.9 Å². The summed E-state index contributed by atoms with van der Waals surface area (Å²) < 4.78 is 0. The molecule has 7 heteroatoms. The van der Waals surface area contributed by atoms with E-state index in [0.717, 1.165) is 6.42 Å². The van der Waals surface area contributed by atoms with E-state index in [9.17, 15) is 9.59 Å². The smallest absolute Gasteiger partial charge is 0.258 e. The molecular formula is C17H15Cl2N3O2. The zero-order valence-electron chi connectivity index (χ0n) is 12.8. The number of benzene rings is 1. The highest BCUT2D eigenvalue weighted by molar-refractivity contribution is 6.40. The second-order valence-electron chi connectivity index (χ2n) is 5.79. The van der Waals surface area contributed by atoms with Gasteiger partial charge in [0.25, 0.3) is 5.91 Å². The molecular weight excluding hydrogens is 349 g/mol. The van der Waals surface area contributed by atoms with Crippen LogP contribution in [0.4, 0.5) is 11.5 Å². The minimum Gasteiger partial charge on any atom is -0.322 e. The van der Waals surface area contributed by atoms with E-state index in [2.05, 4.69) is 15.6 Å². The Hall–Kier alpha value is -2.11. The molecule has 1 aliphatic rings. The summed E-state index contributed by atoms with van der Waals surface area (Å²) in [6, 6.07) is 8.07. The maximum atomic E-state index is 12.4. The first-order chi connectivity index (χ1) is 11.5. The fraction of sp³-hybridized carbons (Fsp3) is 0.235. The van der Waals surface area contributed by atoms with Gasteiger partial charge in [-0.3, -0.25) is 9.59 Å². The normalized spacial score (nSPS) is 18.8. The molecule has 1 aliphatic carbocycles. The summed E-state index contributed by atoms with van der Waals surface area (Å²) in [5.74, 6) is 0.377. The molecule has 124 valence electrons. The van der Waals surface area contributed by atoms with E-state index in [1.54, 1.807) is 30.3 Å². The Balaban J connectivity index is 1.72. The van der Waals surface area contributed by atoms with Crippen molar-refractivity contribution in [2.75, 3.05) is 10.6 Å². The topological polar surface area (TPSA) is 71.1 Å². The lowest BCUT2D eigenvalue weighted by Crippen LogP contribution is -2.16. The van der Waals surface area contributed by atoms with E-state index < -0.39 is 5.91 Å². The maximum Gasteiger partial charge on any atom is 0.258 e. The first kappa shape index (κ1) is 16.7. The highest BCUT2D eigenvalue weighted by Crippen LogP contribution is 2.38. The predicted molar refractivity (Wildman–Crippen MR) is 94.6 cm³/mol. The van der Waals surface area contributed by atoms with Gasteiger partial charge < -0.3 is 10.6 Å². The lowest BCUT2D eigenvalue weighted by Gasteiger charge is -2.10. The molecule has 0 spiro atoms. The van der Waals surface area contributed by atoms with Gasteiger partial charge in [0.15, 0.2) is 0 Å². The van der Waals surface area contributed by atoms with Crippen molar-refractivity contribution in [3.05, 3.63) is 52.1 Å². The summed E-state index contributed by atoms with van der Waals surface area (Å²) in [5, 5.41) is 6.00. The van der Waals surface area contributed by atoms with Gasteiger partial charge in [-0.05, 0) is 30.5 Å². The van der Waals surface area contributed by atoms with Crippen molar-refractivity contribution in [2.24, 2.45) is 11.8 Å². The maximum absolute atomic E-state index is 12.4. The van der Waals surface area contributed by atoms with Gasteiger partial charge in [0.2, 0.25) is 5.91 Å². The van der Waals surface area contributed by atoms with Gasteiger partial charge in [0.05, 0.1) is 15.6 Å². The summed E-state index contributed by atoms with van der Waals surface area (Å²) in [7, 11) is 0. The van der Waals surface area contributed by atoms with Gasteiger partial charge in [0.1, 0.15) is 5.82 Å². The molecule has 1 aromatic heterocycles. The Kier molecular flexibility index (Phi) is 4.73. The lowest BCUT2D eigenvalue weighted by atomic mass is 10.2. The molecule has 0 bridgehead atoms. The number of aromatic nitrogens is 1. The SMILES string of the molecule is C[C@H]1C[C@@H]1C(=O)Nc1cc(NC(=O)c2c(Cl)cccc2Cl)ccn1. The summed E-state index contributed by atoms with van der Waals surface area (Å²) in [5.41, 5.74) is 0.695. The van der Waals surface area contributed by atoms with Crippen molar-refractivity contribution >= 4 is 46.5 Å². The van der Waals surface area contributed by atoms with Crippen LogP contribution in [0.3, 0.4) is 0 Å². The molecule has 0 aliphatic heterocycles. The van der Waals surface area contributed by atoms with Crippen molar-refractivity contribution in [1.29, 1.82) is 0 Å². The number of carbonyl (C=O) groups excluding carboxylic acids is 2. The fourth-order valence-corrected chi connectivity index (χ4v) is 2.96. The van der Waals surface area contributed by atoms with Gasteiger partial charge in [-0.15, -0.1) is 0 Å². The quantitative estimate of drug-likeness (QED) is 0.853. The molecule has 1 fully saturated rings. The molecule has 5 nitrogen and oxygen atoms in total. The molecule has 0 unspecified atom stereocenters. The van der Waals surface area contributed by atoms with E-state index in [1.807, 2.05) is 6.92 Å². The Morgan fingerprint density at radius 2 is 1.83 bits per heavy atom. The zero-order chi connectivity index (χ0) is 17.3. The number of pyridine rings is 1. The number of carbonyl (C=O) groups is 2. The molecule has 0 radical (unpaired) electrons. The highest BCUT2D eigenvalue weighted by Gasteiger charge is 2.39. The van der Waals surface area contributed by atoms with Crippen molar-refractivity contribution in [3.8, 4) is 0 Å². The van der Waals surface area contributed by atoms with Gasteiger partial charge in [-0.1, -0.05) is 36.2 Å². The number of hydrogen-bond donors (Lipinski definition) is 2. The minimum atomic E-state index is -0.426. The van der Waals surface area contributed by atoms with Gasteiger partial charge in [-0.25, -0.2) is 4.98 Å². The molecule has 2 aromatic rings. The van der Waals surface area contributed by atoms with E-state index in [-0.39, 0.29) is 27.4 Å². The van der Waals surface area contributed by atoms with Crippen molar-refractivity contribution < 1.29 is 9.59 Å². The molecule has 24 heavy (non-hydrogen) atoms. The van der Waals surface area contributed by atoms with Crippen molar-refractivity contribution in [3.63, 3.8) is 0 Å². The van der Waals surface area contributed by atoms with E-state index in [1.165, 1.54) is 6.20 Å². The Labute approximate surface area is 149 Å². The van der Waals surface area contributed by atoms with Crippen LogP contribution >= 0.6 is 23.2 Å². The number of anilines is 2. The van der Waals surface area contributed by atoms with Crippen molar-refractivity contribution in [2.45, 2.75) is 13.3 Å². The molecule has 2 atom stereocenters. The summed E-state index contributed by atoms with van der Waals surface area (Å²) in [6.45, 7) is 2.03. The van der Waals surface area contributed by atoms with Crippen LogP contribution in [0.2, 0.25) is 10.0 Å². The van der Waals surface area contributed by atoms with Gasteiger partial charge >= 0.3 is 0 Å². The van der Waals surface area contributed by atoms with E-state index in [4.69, 9.17) is 23.2 Å². The monoisotopic (exact) mass is 363 g/mol. The molecule has 1 heterocycles. The van der Waals surface area contributed by atoms with Crippen LogP contribution in [0.15, 0.2) is 36.5 Å². The number of hydrogen-bond acceptors (Lipinski definition) is 3. The molecule has 2 amide bonds. The molecule has 1 saturated carbocycles. The first-order valence-electron chi connectivity index (χ1n) is 7.48. The summed E-state index contributed by atoms with van der Waals surface area (Å²) in [6.07, 6.45) is 2.41. The van der Waals surface area contributed by atoms with Crippen LogP contribution < -0.4 is 10.6 Å². The van der Waals surface area contributed by atoms with Crippen LogP contribution in [-0.2, 0) is 4.79 Å². The minimum absolute atomic E-state index is 0.0481. The van der Waals surface area contributed by atoms with Crippen LogP contribution in [0.25, 0.3) is 0 Å². The first-order valence-corrected chi connectivity index (χ1v) is 8.23.